The maximum atomic E-state index is 10.7. The number of benzene rings is 1. The molecule has 0 aromatic heterocycles. The second-order valence-electron chi connectivity index (χ2n) is 5.23. The van der Waals surface area contributed by atoms with Gasteiger partial charge in [0.25, 0.3) is 0 Å². The number of aliphatic hydroxyl groups is 1. The summed E-state index contributed by atoms with van der Waals surface area (Å²) in [6.45, 7) is 5.29. The topological polar surface area (TPSA) is 69.6 Å². The van der Waals surface area contributed by atoms with Crippen molar-refractivity contribution in [3.63, 3.8) is 0 Å². The van der Waals surface area contributed by atoms with E-state index in [0.29, 0.717) is 5.56 Å². The molecule has 0 spiro atoms. The van der Waals surface area contributed by atoms with Crippen molar-refractivity contribution in [2.45, 2.75) is 26.7 Å². The van der Waals surface area contributed by atoms with E-state index in [-0.39, 0.29) is 12.0 Å². The first kappa shape index (κ1) is 14.5. The first-order valence-corrected chi connectivity index (χ1v) is 6.13. The number of anilines is 1. The normalized spacial score (nSPS) is 11.3. The molecule has 0 atom stereocenters. The highest BCUT2D eigenvalue weighted by Gasteiger charge is 2.16. The van der Waals surface area contributed by atoms with Crippen molar-refractivity contribution in [3.05, 3.63) is 29.8 Å². The summed E-state index contributed by atoms with van der Waals surface area (Å²) in [5.74, 6) is -0.912. The van der Waals surface area contributed by atoms with E-state index in [1.54, 1.807) is 24.3 Å². The third kappa shape index (κ3) is 4.75. The average Bonchev–Trinajstić information content (AvgIpc) is 2.35. The molecule has 0 heterocycles. The van der Waals surface area contributed by atoms with E-state index in [4.69, 9.17) is 10.2 Å². The van der Waals surface area contributed by atoms with Crippen LogP contribution in [0.3, 0.4) is 0 Å². The van der Waals surface area contributed by atoms with Crippen LogP contribution in [0.5, 0.6) is 0 Å². The summed E-state index contributed by atoms with van der Waals surface area (Å²) in [5, 5.41) is 20.9. The molecule has 4 heteroatoms. The van der Waals surface area contributed by atoms with E-state index in [1.807, 2.05) is 0 Å². The van der Waals surface area contributed by atoms with Gasteiger partial charge in [0.15, 0.2) is 0 Å². The molecule has 0 aliphatic rings. The summed E-state index contributed by atoms with van der Waals surface area (Å²) in [7, 11) is 0. The molecular weight excluding hydrogens is 230 g/mol. The number of carboxylic acid groups (broad SMARTS) is 1. The van der Waals surface area contributed by atoms with Gasteiger partial charge in [-0.1, -0.05) is 13.8 Å². The van der Waals surface area contributed by atoms with Gasteiger partial charge in [-0.25, -0.2) is 4.79 Å². The second kappa shape index (κ2) is 6.40. The molecule has 0 amide bonds. The zero-order chi connectivity index (χ0) is 13.6. The lowest BCUT2D eigenvalue weighted by Crippen LogP contribution is -2.23. The van der Waals surface area contributed by atoms with Crippen molar-refractivity contribution in [1.82, 2.24) is 0 Å². The highest BCUT2D eigenvalue weighted by molar-refractivity contribution is 5.87. The second-order valence-corrected chi connectivity index (χ2v) is 5.23. The SMILES string of the molecule is CC(C)(CCCO)CNc1ccc(C(=O)O)cc1. The molecule has 18 heavy (non-hydrogen) atoms. The summed E-state index contributed by atoms with van der Waals surface area (Å²) in [5.41, 5.74) is 1.31. The van der Waals surface area contributed by atoms with Crippen LogP contribution in [0.25, 0.3) is 0 Å². The van der Waals surface area contributed by atoms with E-state index in [2.05, 4.69) is 19.2 Å². The number of nitrogens with one attached hydrogen (secondary N) is 1. The molecule has 1 aromatic carbocycles. The first-order valence-electron chi connectivity index (χ1n) is 6.13. The van der Waals surface area contributed by atoms with E-state index >= 15 is 0 Å². The third-order valence-electron chi connectivity index (χ3n) is 2.91. The molecule has 1 aromatic rings. The van der Waals surface area contributed by atoms with Gasteiger partial charge in [-0.3, -0.25) is 0 Å². The Balaban J connectivity index is 2.50. The highest BCUT2D eigenvalue weighted by atomic mass is 16.4. The summed E-state index contributed by atoms with van der Waals surface area (Å²) < 4.78 is 0. The summed E-state index contributed by atoms with van der Waals surface area (Å²) in [6, 6.07) is 6.72. The van der Waals surface area contributed by atoms with E-state index in [9.17, 15) is 4.79 Å². The minimum atomic E-state index is -0.912. The molecule has 0 radical (unpaired) electrons. The van der Waals surface area contributed by atoms with E-state index < -0.39 is 5.97 Å². The maximum absolute atomic E-state index is 10.7. The van der Waals surface area contributed by atoms with Crippen molar-refractivity contribution in [2.75, 3.05) is 18.5 Å². The molecule has 3 N–H and O–H groups in total. The van der Waals surface area contributed by atoms with E-state index in [0.717, 1.165) is 25.1 Å². The maximum Gasteiger partial charge on any atom is 0.335 e. The number of carbonyl (C=O) groups is 1. The molecule has 1 rings (SSSR count). The Hall–Kier alpha value is -1.55. The van der Waals surface area contributed by atoms with E-state index in [1.165, 1.54) is 0 Å². The fourth-order valence-corrected chi connectivity index (χ4v) is 1.72. The number of aliphatic hydroxyl groups excluding tert-OH is 1. The highest BCUT2D eigenvalue weighted by Crippen LogP contribution is 2.23. The van der Waals surface area contributed by atoms with Gasteiger partial charge in [-0.05, 0) is 42.5 Å². The zero-order valence-electron chi connectivity index (χ0n) is 10.9. The molecule has 4 nitrogen and oxygen atoms in total. The molecule has 0 saturated heterocycles. The van der Waals surface area contributed by atoms with Crippen molar-refractivity contribution in [1.29, 1.82) is 0 Å². The van der Waals surface area contributed by atoms with Gasteiger partial charge in [-0.15, -0.1) is 0 Å². The molecule has 0 unspecified atom stereocenters. The molecule has 0 aliphatic heterocycles. The number of hydrogen-bond acceptors (Lipinski definition) is 3. The van der Waals surface area contributed by atoms with Crippen LogP contribution < -0.4 is 5.32 Å². The average molecular weight is 251 g/mol. The molecular formula is C14H21NO3. The third-order valence-corrected chi connectivity index (χ3v) is 2.91. The molecule has 0 fully saturated rings. The Morgan fingerprint density at radius 3 is 2.39 bits per heavy atom. The molecule has 100 valence electrons. The molecule has 0 bridgehead atoms. The van der Waals surface area contributed by atoms with Crippen molar-refractivity contribution < 1.29 is 15.0 Å². The van der Waals surface area contributed by atoms with Gasteiger partial charge in [0.2, 0.25) is 0 Å². The summed E-state index contributed by atoms with van der Waals surface area (Å²) >= 11 is 0. The molecule has 0 aliphatic carbocycles. The van der Waals surface area contributed by atoms with Crippen LogP contribution in [0.1, 0.15) is 37.0 Å². The Kier molecular flexibility index (Phi) is 5.16. The van der Waals surface area contributed by atoms with Gasteiger partial charge >= 0.3 is 5.97 Å². The van der Waals surface area contributed by atoms with Crippen LogP contribution in [-0.4, -0.2) is 29.3 Å². The predicted octanol–water partition coefficient (Wildman–Crippen LogP) is 2.60. The van der Waals surface area contributed by atoms with Crippen LogP contribution in [0, 0.1) is 5.41 Å². The number of rotatable bonds is 7. The number of hydrogen-bond donors (Lipinski definition) is 3. The lowest BCUT2D eigenvalue weighted by Gasteiger charge is -2.25. The lowest BCUT2D eigenvalue weighted by atomic mass is 9.88. The van der Waals surface area contributed by atoms with Crippen LogP contribution in [0.2, 0.25) is 0 Å². The molecule has 0 saturated carbocycles. The Morgan fingerprint density at radius 1 is 1.28 bits per heavy atom. The fourth-order valence-electron chi connectivity index (χ4n) is 1.72. The zero-order valence-corrected chi connectivity index (χ0v) is 10.9. The van der Waals surface area contributed by atoms with Crippen LogP contribution >= 0.6 is 0 Å². The van der Waals surface area contributed by atoms with Gasteiger partial charge in [-0.2, -0.15) is 0 Å². The lowest BCUT2D eigenvalue weighted by molar-refractivity contribution is 0.0697. The smallest absolute Gasteiger partial charge is 0.335 e. The number of carboxylic acids is 1. The van der Waals surface area contributed by atoms with Crippen LogP contribution in [-0.2, 0) is 0 Å². The Labute approximate surface area is 108 Å². The van der Waals surface area contributed by atoms with Gasteiger partial charge in [0.05, 0.1) is 5.56 Å². The van der Waals surface area contributed by atoms with Gasteiger partial charge < -0.3 is 15.5 Å². The van der Waals surface area contributed by atoms with Gasteiger partial charge in [0.1, 0.15) is 0 Å². The van der Waals surface area contributed by atoms with Gasteiger partial charge in [0, 0.05) is 18.8 Å². The minimum Gasteiger partial charge on any atom is -0.478 e. The fraction of sp³-hybridized carbons (Fsp3) is 0.500. The summed E-state index contributed by atoms with van der Waals surface area (Å²) in [4.78, 5) is 10.7. The predicted molar refractivity (Wildman–Crippen MR) is 72.0 cm³/mol. The first-order chi connectivity index (χ1) is 8.44. The number of aromatic carboxylic acids is 1. The quantitative estimate of drug-likeness (QED) is 0.696. The largest absolute Gasteiger partial charge is 0.478 e. The Morgan fingerprint density at radius 2 is 1.89 bits per heavy atom. The minimum absolute atomic E-state index is 0.105. The Bertz CT molecular complexity index is 385. The summed E-state index contributed by atoms with van der Waals surface area (Å²) in [6.07, 6.45) is 1.75. The van der Waals surface area contributed by atoms with Crippen molar-refractivity contribution in [3.8, 4) is 0 Å². The monoisotopic (exact) mass is 251 g/mol. The van der Waals surface area contributed by atoms with Crippen LogP contribution in [0.15, 0.2) is 24.3 Å². The van der Waals surface area contributed by atoms with Crippen molar-refractivity contribution >= 4 is 11.7 Å². The van der Waals surface area contributed by atoms with Crippen LogP contribution in [0.4, 0.5) is 5.69 Å². The van der Waals surface area contributed by atoms with Crippen molar-refractivity contribution in [2.24, 2.45) is 5.41 Å². The standard InChI is InChI=1S/C14H21NO3/c1-14(2,8-3-9-16)10-15-12-6-4-11(5-7-12)13(17)18/h4-7,15-16H,3,8-10H2,1-2H3,(H,17,18).